The molecule has 1 aliphatic heterocycles. The van der Waals surface area contributed by atoms with Gasteiger partial charge in [-0.2, -0.15) is 0 Å². The van der Waals surface area contributed by atoms with E-state index < -0.39 is 0 Å². The van der Waals surface area contributed by atoms with E-state index in [0.29, 0.717) is 43.9 Å². The average Bonchev–Trinajstić information content (AvgIpc) is 2.80. The lowest BCUT2D eigenvalue weighted by Crippen LogP contribution is -2.41. The van der Waals surface area contributed by atoms with Gasteiger partial charge in [0, 0.05) is 38.4 Å². The lowest BCUT2D eigenvalue weighted by atomic mass is 10.1. The van der Waals surface area contributed by atoms with Crippen molar-refractivity contribution in [1.29, 1.82) is 0 Å². The van der Waals surface area contributed by atoms with Crippen LogP contribution in [0.4, 0.5) is 0 Å². The van der Waals surface area contributed by atoms with Gasteiger partial charge >= 0.3 is 0 Å². The summed E-state index contributed by atoms with van der Waals surface area (Å²) in [5.74, 6) is 0.456. The highest BCUT2D eigenvalue weighted by molar-refractivity contribution is 5.81. The molecule has 0 spiro atoms. The molecule has 1 N–H and O–H groups in total. The first-order chi connectivity index (χ1) is 12.1. The minimum absolute atomic E-state index is 0.00999. The smallest absolute Gasteiger partial charge is 0.235 e. The number of carbonyl (C=O) groups is 2. The van der Waals surface area contributed by atoms with Gasteiger partial charge in [0.25, 0.3) is 0 Å². The zero-order valence-corrected chi connectivity index (χ0v) is 14.5. The Kier molecular flexibility index (Phi) is 5.11. The topological polar surface area (TPSA) is 84.4 Å². The normalized spacial score (nSPS) is 17.9. The van der Waals surface area contributed by atoms with E-state index >= 15 is 0 Å². The van der Waals surface area contributed by atoms with E-state index in [2.05, 4.69) is 15.3 Å². The molecule has 1 fully saturated rings. The van der Waals surface area contributed by atoms with Crippen LogP contribution < -0.4 is 10.1 Å². The Hall–Kier alpha value is -2.70. The van der Waals surface area contributed by atoms with E-state index in [9.17, 15) is 9.59 Å². The van der Waals surface area contributed by atoms with Crippen LogP contribution in [0.15, 0.2) is 24.3 Å². The van der Waals surface area contributed by atoms with E-state index in [1.165, 1.54) is 0 Å². The minimum atomic E-state index is -0.0106. The number of rotatable bonds is 4. The van der Waals surface area contributed by atoms with Gasteiger partial charge in [-0.1, -0.05) is 12.1 Å². The molecule has 7 nitrogen and oxygen atoms in total. The summed E-state index contributed by atoms with van der Waals surface area (Å²) in [5, 5.41) is 2.82. The molecule has 0 saturated carbocycles. The van der Waals surface area contributed by atoms with Gasteiger partial charge in [-0.05, 0) is 19.1 Å². The van der Waals surface area contributed by atoms with E-state index in [-0.39, 0.29) is 17.9 Å². The van der Waals surface area contributed by atoms with Gasteiger partial charge in [0.15, 0.2) is 0 Å². The third-order valence-electron chi connectivity index (χ3n) is 4.40. The highest BCUT2D eigenvalue weighted by atomic mass is 16.5. The van der Waals surface area contributed by atoms with Crippen LogP contribution in [0.1, 0.15) is 25.5 Å². The SMILES string of the molecule is COc1nc2ccccc2nc1CCC(=O)N1CCC(=O)NCC1C. The molecule has 7 heteroatoms. The summed E-state index contributed by atoms with van der Waals surface area (Å²) in [6.07, 6.45) is 1.10. The van der Waals surface area contributed by atoms with Gasteiger partial charge < -0.3 is 15.0 Å². The fourth-order valence-corrected chi connectivity index (χ4v) is 2.99. The first kappa shape index (κ1) is 17.1. The zero-order chi connectivity index (χ0) is 17.8. The molecule has 2 aromatic rings. The number of hydrogen-bond donors (Lipinski definition) is 1. The molecule has 0 radical (unpaired) electrons. The Morgan fingerprint density at radius 3 is 2.76 bits per heavy atom. The van der Waals surface area contributed by atoms with Crippen molar-refractivity contribution in [1.82, 2.24) is 20.2 Å². The van der Waals surface area contributed by atoms with E-state index in [0.717, 1.165) is 11.0 Å². The van der Waals surface area contributed by atoms with E-state index in [4.69, 9.17) is 4.74 Å². The number of benzene rings is 1. The minimum Gasteiger partial charge on any atom is -0.480 e. The van der Waals surface area contributed by atoms with E-state index in [1.54, 1.807) is 12.0 Å². The summed E-state index contributed by atoms with van der Waals surface area (Å²) in [6.45, 7) is 2.88. The van der Waals surface area contributed by atoms with Gasteiger partial charge in [0.1, 0.15) is 5.69 Å². The van der Waals surface area contributed by atoms with Crippen LogP contribution in [-0.4, -0.2) is 52.9 Å². The summed E-state index contributed by atoms with van der Waals surface area (Å²) in [6, 6.07) is 7.56. The summed E-state index contributed by atoms with van der Waals surface area (Å²) in [4.78, 5) is 34.9. The molecular formula is C18H22N4O3. The molecule has 0 aliphatic carbocycles. The first-order valence-electron chi connectivity index (χ1n) is 8.44. The Morgan fingerprint density at radius 2 is 2.04 bits per heavy atom. The number of hydrogen-bond acceptors (Lipinski definition) is 5. The molecular weight excluding hydrogens is 320 g/mol. The molecule has 1 aromatic heterocycles. The van der Waals surface area contributed by atoms with Crippen molar-refractivity contribution in [3.8, 4) is 5.88 Å². The number of carbonyl (C=O) groups excluding carboxylic acids is 2. The van der Waals surface area contributed by atoms with Crippen molar-refractivity contribution in [2.75, 3.05) is 20.2 Å². The van der Waals surface area contributed by atoms with Crippen molar-refractivity contribution in [2.45, 2.75) is 32.2 Å². The highest BCUT2D eigenvalue weighted by Gasteiger charge is 2.24. The lowest BCUT2D eigenvalue weighted by Gasteiger charge is -2.26. The van der Waals surface area contributed by atoms with Crippen molar-refractivity contribution < 1.29 is 14.3 Å². The molecule has 3 rings (SSSR count). The summed E-state index contributed by atoms with van der Waals surface area (Å²) in [5.41, 5.74) is 2.22. The quantitative estimate of drug-likeness (QED) is 0.905. The first-order valence-corrected chi connectivity index (χ1v) is 8.44. The largest absolute Gasteiger partial charge is 0.480 e. The van der Waals surface area contributed by atoms with Gasteiger partial charge in [-0.15, -0.1) is 0 Å². The fourth-order valence-electron chi connectivity index (χ4n) is 2.99. The maximum Gasteiger partial charge on any atom is 0.235 e. The standard InChI is InChI=1S/C18H22N4O3/c1-12-11-19-16(23)9-10-22(12)17(24)8-7-15-18(25-2)21-14-6-4-3-5-13(14)20-15/h3-6,12H,7-11H2,1-2H3,(H,19,23). The Bertz CT molecular complexity index is 793. The lowest BCUT2D eigenvalue weighted by molar-refractivity contribution is -0.132. The van der Waals surface area contributed by atoms with Gasteiger partial charge in [-0.25, -0.2) is 9.97 Å². The van der Waals surface area contributed by atoms with Crippen LogP contribution in [0.5, 0.6) is 5.88 Å². The monoisotopic (exact) mass is 342 g/mol. The molecule has 132 valence electrons. The van der Waals surface area contributed by atoms with Crippen molar-refractivity contribution in [3.05, 3.63) is 30.0 Å². The summed E-state index contributed by atoms with van der Waals surface area (Å²) >= 11 is 0. The van der Waals surface area contributed by atoms with Crippen molar-refractivity contribution in [3.63, 3.8) is 0 Å². The third kappa shape index (κ3) is 3.87. The maximum absolute atomic E-state index is 12.6. The number of nitrogens with zero attached hydrogens (tertiary/aromatic N) is 3. The van der Waals surface area contributed by atoms with Crippen LogP contribution in [0.2, 0.25) is 0 Å². The molecule has 1 aliphatic rings. The second kappa shape index (κ2) is 7.46. The van der Waals surface area contributed by atoms with E-state index in [1.807, 2.05) is 31.2 Å². The number of nitrogens with one attached hydrogen (secondary N) is 1. The maximum atomic E-state index is 12.6. The van der Waals surface area contributed by atoms with Crippen molar-refractivity contribution in [2.24, 2.45) is 0 Å². The number of aryl methyl sites for hydroxylation is 1. The molecule has 1 saturated heterocycles. The van der Waals surface area contributed by atoms with Crippen LogP contribution in [0.3, 0.4) is 0 Å². The molecule has 1 unspecified atom stereocenters. The number of aromatic nitrogens is 2. The van der Waals surface area contributed by atoms with Gasteiger partial charge in [0.2, 0.25) is 17.7 Å². The molecule has 0 bridgehead atoms. The third-order valence-corrected chi connectivity index (χ3v) is 4.40. The molecule has 2 amide bonds. The Morgan fingerprint density at radius 1 is 1.32 bits per heavy atom. The fraction of sp³-hybridized carbons (Fsp3) is 0.444. The molecule has 25 heavy (non-hydrogen) atoms. The average molecular weight is 342 g/mol. The summed E-state index contributed by atoms with van der Waals surface area (Å²) in [7, 11) is 1.55. The number of amides is 2. The summed E-state index contributed by atoms with van der Waals surface area (Å²) < 4.78 is 5.33. The second-order valence-electron chi connectivity index (χ2n) is 6.16. The van der Waals surface area contributed by atoms with Crippen LogP contribution in [0, 0.1) is 0 Å². The molecule has 1 atom stereocenters. The Balaban J connectivity index is 1.73. The van der Waals surface area contributed by atoms with Crippen molar-refractivity contribution >= 4 is 22.8 Å². The predicted octanol–water partition coefficient (Wildman–Crippen LogP) is 1.31. The Labute approximate surface area is 146 Å². The van der Waals surface area contributed by atoms with Gasteiger partial charge in [0.05, 0.1) is 18.1 Å². The number of methoxy groups -OCH3 is 1. The highest BCUT2D eigenvalue weighted by Crippen LogP contribution is 2.20. The zero-order valence-electron chi connectivity index (χ0n) is 14.5. The number of ether oxygens (including phenoxy) is 1. The number of para-hydroxylation sites is 2. The van der Waals surface area contributed by atoms with Gasteiger partial charge in [-0.3, -0.25) is 9.59 Å². The molecule has 1 aromatic carbocycles. The van der Waals surface area contributed by atoms with Crippen LogP contribution in [0.25, 0.3) is 11.0 Å². The van der Waals surface area contributed by atoms with Crippen LogP contribution >= 0.6 is 0 Å². The number of fused-ring (bicyclic) bond motifs is 1. The van der Waals surface area contributed by atoms with Crippen LogP contribution in [-0.2, 0) is 16.0 Å². The second-order valence-corrected chi connectivity index (χ2v) is 6.16. The molecule has 2 heterocycles. The predicted molar refractivity (Wildman–Crippen MR) is 93.2 cm³/mol.